The van der Waals surface area contributed by atoms with Crippen LogP contribution < -0.4 is 0 Å². The van der Waals surface area contributed by atoms with Crippen LogP contribution in [0.25, 0.3) is 11.3 Å². The first-order valence-electron chi connectivity index (χ1n) is 4.70. The largest absolute Gasteiger partial charge is 0.356 e. The smallest absolute Gasteiger partial charge is 0.171 e. The van der Waals surface area contributed by atoms with Crippen molar-refractivity contribution in [3.63, 3.8) is 0 Å². The van der Waals surface area contributed by atoms with Crippen molar-refractivity contribution in [2.45, 2.75) is 13.8 Å². The van der Waals surface area contributed by atoms with Crippen LogP contribution in [0.3, 0.4) is 0 Å². The Morgan fingerprint density at radius 2 is 2.07 bits per heavy atom. The molecule has 76 valence electrons. The van der Waals surface area contributed by atoms with Gasteiger partial charge in [-0.3, -0.25) is 4.79 Å². The summed E-state index contributed by atoms with van der Waals surface area (Å²) >= 11 is 0. The third-order valence-electron chi connectivity index (χ3n) is 2.30. The molecule has 3 heteroatoms. The molecule has 1 aromatic heterocycles. The molecule has 0 amide bonds. The number of hydrogen-bond acceptors (Lipinski definition) is 3. The molecule has 1 aromatic carbocycles. The SMILES string of the molecule is Cc1ccc(-c2cc(C=O)no2)c(C)c1. The molecule has 15 heavy (non-hydrogen) atoms. The lowest BCUT2D eigenvalue weighted by Crippen LogP contribution is -1.82. The molecule has 3 nitrogen and oxygen atoms in total. The lowest BCUT2D eigenvalue weighted by atomic mass is 10.0. The number of aromatic nitrogens is 1. The van der Waals surface area contributed by atoms with E-state index in [2.05, 4.69) is 11.2 Å². The number of rotatable bonds is 2. The average molecular weight is 201 g/mol. The molecule has 2 aromatic rings. The first-order valence-corrected chi connectivity index (χ1v) is 4.70. The van der Waals surface area contributed by atoms with Crippen molar-refractivity contribution in [1.29, 1.82) is 0 Å². The van der Waals surface area contributed by atoms with E-state index < -0.39 is 0 Å². The summed E-state index contributed by atoms with van der Waals surface area (Å²) in [5.41, 5.74) is 3.61. The maximum atomic E-state index is 10.5. The summed E-state index contributed by atoms with van der Waals surface area (Å²) in [7, 11) is 0. The molecule has 0 aliphatic rings. The highest BCUT2D eigenvalue weighted by Gasteiger charge is 2.08. The average Bonchev–Trinajstić information content (AvgIpc) is 2.66. The Morgan fingerprint density at radius 3 is 2.67 bits per heavy atom. The quantitative estimate of drug-likeness (QED) is 0.701. The summed E-state index contributed by atoms with van der Waals surface area (Å²) in [6.45, 7) is 4.04. The van der Waals surface area contributed by atoms with Gasteiger partial charge in [-0.15, -0.1) is 0 Å². The molecule has 2 rings (SSSR count). The Kier molecular flexibility index (Phi) is 2.37. The fourth-order valence-corrected chi connectivity index (χ4v) is 1.56. The fraction of sp³-hybridized carbons (Fsp3) is 0.167. The Morgan fingerprint density at radius 1 is 1.27 bits per heavy atom. The van der Waals surface area contributed by atoms with Crippen molar-refractivity contribution in [3.05, 3.63) is 41.1 Å². The summed E-state index contributed by atoms with van der Waals surface area (Å²) in [4.78, 5) is 10.5. The predicted octanol–water partition coefficient (Wildman–Crippen LogP) is 2.77. The van der Waals surface area contributed by atoms with Gasteiger partial charge in [0.15, 0.2) is 12.0 Å². The summed E-state index contributed by atoms with van der Waals surface area (Å²) in [5.74, 6) is 0.634. The third-order valence-corrected chi connectivity index (χ3v) is 2.30. The van der Waals surface area contributed by atoms with Gasteiger partial charge in [-0.2, -0.15) is 0 Å². The minimum absolute atomic E-state index is 0.324. The number of nitrogens with zero attached hydrogens (tertiary/aromatic N) is 1. The Hall–Kier alpha value is -1.90. The van der Waals surface area contributed by atoms with Gasteiger partial charge in [0.2, 0.25) is 0 Å². The van der Waals surface area contributed by atoms with Crippen LogP contribution in [0.1, 0.15) is 21.6 Å². The van der Waals surface area contributed by atoms with Crippen LogP contribution >= 0.6 is 0 Å². The van der Waals surface area contributed by atoms with Crippen LogP contribution in [0.5, 0.6) is 0 Å². The summed E-state index contributed by atoms with van der Waals surface area (Å²) in [6, 6.07) is 7.69. The third kappa shape index (κ3) is 1.81. The zero-order chi connectivity index (χ0) is 10.8. The molecule has 0 spiro atoms. The summed E-state index contributed by atoms with van der Waals surface area (Å²) in [5, 5.41) is 3.63. The Bertz CT molecular complexity index is 500. The summed E-state index contributed by atoms with van der Waals surface area (Å²) in [6.07, 6.45) is 0.677. The molecule has 0 aliphatic heterocycles. The van der Waals surface area contributed by atoms with Crippen molar-refractivity contribution in [2.24, 2.45) is 0 Å². The molecular weight excluding hydrogens is 190 g/mol. The Labute approximate surface area is 87.7 Å². The van der Waals surface area contributed by atoms with Gasteiger partial charge >= 0.3 is 0 Å². The van der Waals surface area contributed by atoms with Crippen LogP contribution in [0.15, 0.2) is 28.8 Å². The number of aryl methyl sites for hydroxylation is 2. The zero-order valence-electron chi connectivity index (χ0n) is 8.65. The van der Waals surface area contributed by atoms with Crippen molar-refractivity contribution in [2.75, 3.05) is 0 Å². The molecule has 0 radical (unpaired) electrons. The topological polar surface area (TPSA) is 43.1 Å². The normalized spacial score (nSPS) is 10.3. The molecule has 0 bridgehead atoms. The summed E-state index contributed by atoms with van der Waals surface area (Å²) < 4.78 is 5.08. The second-order valence-corrected chi connectivity index (χ2v) is 3.55. The number of benzene rings is 1. The number of hydrogen-bond donors (Lipinski definition) is 0. The minimum Gasteiger partial charge on any atom is -0.356 e. The highest BCUT2D eigenvalue weighted by molar-refractivity contribution is 5.75. The first-order chi connectivity index (χ1) is 7.20. The van der Waals surface area contributed by atoms with E-state index in [0.717, 1.165) is 11.1 Å². The monoisotopic (exact) mass is 201 g/mol. The maximum absolute atomic E-state index is 10.5. The number of carbonyl (C=O) groups excluding carboxylic acids is 1. The van der Waals surface area contributed by atoms with E-state index >= 15 is 0 Å². The highest BCUT2D eigenvalue weighted by Crippen LogP contribution is 2.24. The Balaban J connectivity index is 2.49. The molecule has 1 heterocycles. The second-order valence-electron chi connectivity index (χ2n) is 3.55. The van der Waals surface area contributed by atoms with E-state index in [4.69, 9.17) is 4.52 Å². The van der Waals surface area contributed by atoms with Crippen LogP contribution in [0.4, 0.5) is 0 Å². The van der Waals surface area contributed by atoms with Gasteiger partial charge in [0.25, 0.3) is 0 Å². The minimum atomic E-state index is 0.324. The molecule has 0 saturated heterocycles. The van der Waals surface area contributed by atoms with E-state index in [1.165, 1.54) is 5.56 Å². The predicted molar refractivity (Wildman–Crippen MR) is 56.8 cm³/mol. The lowest BCUT2D eigenvalue weighted by Gasteiger charge is -2.01. The van der Waals surface area contributed by atoms with Gasteiger partial charge in [0.05, 0.1) is 0 Å². The van der Waals surface area contributed by atoms with Crippen LogP contribution in [-0.2, 0) is 0 Å². The van der Waals surface area contributed by atoms with Gasteiger partial charge in [-0.05, 0) is 19.4 Å². The standard InChI is InChI=1S/C12H11NO2/c1-8-3-4-11(9(2)5-8)12-6-10(7-14)13-15-12/h3-7H,1-2H3. The molecule has 0 unspecified atom stereocenters. The lowest BCUT2D eigenvalue weighted by molar-refractivity contribution is 0.111. The van der Waals surface area contributed by atoms with Gasteiger partial charge in [-0.25, -0.2) is 0 Å². The second kappa shape index (κ2) is 3.69. The number of carbonyl (C=O) groups is 1. The molecular formula is C12H11NO2. The van der Waals surface area contributed by atoms with E-state index in [9.17, 15) is 4.79 Å². The van der Waals surface area contributed by atoms with Gasteiger partial charge in [0.1, 0.15) is 5.69 Å². The molecule has 0 atom stereocenters. The molecule has 0 saturated carbocycles. The van der Waals surface area contributed by atoms with Crippen LogP contribution in [0, 0.1) is 13.8 Å². The zero-order valence-corrected chi connectivity index (χ0v) is 8.65. The van der Waals surface area contributed by atoms with Crippen molar-refractivity contribution in [3.8, 4) is 11.3 Å². The fourth-order valence-electron chi connectivity index (χ4n) is 1.56. The molecule has 0 fully saturated rings. The van der Waals surface area contributed by atoms with E-state index in [0.29, 0.717) is 17.7 Å². The maximum Gasteiger partial charge on any atom is 0.171 e. The number of aldehydes is 1. The van der Waals surface area contributed by atoms with E-state index in [1.54, 1.807) is 6.07 Å². The van der Waals surface area contributed by atoms with Gasteiger partial charge < -0.3 is 4.52 Å². The van der Waals surface area contributed by atoms with E-state index in [-0.39, 0.29) is 0 Å². The van der Waals surface area contributed by atoms with Crippen LogP contribution in [-0.4, -0.2) is 11.4 Å². The van der Waals surface area contributed by atoms with Crippen molar-refractivity contribution < 1.29 is 9.32 Å². The molecule has 0 aliphatic carbocycles. The first kappa shape index (κ1) is 9.65. The van der Waals surface area contributed by atoms with Gasteiger partial charge in [0, 0.05) is 11.6 Å². The van der Waals surface area contributed by atoms with Gasteiger partial charge in [-0.1, -0.05) is 28.9 Å². The van der Waals surface area contributed by atoms with Crippen molar-refractivity contribution in [1.82, 2.24) is 5.16 Å². The molecule has 0 N–H and O–H groups in total. The van der Waals surface area contributed by atoms with Crippen molar-refractivity contribution >= 4 is 6.29 Å². The van der Waals surface area contributed by atoms with E-state index in [1.807, 2.05) is 26.0 Å². The van der Waals surface area contributed by atoms with Crippen LogP contribution in [0.2, 0.25) is 0 Å². The highest BCUT2D eigenvalue weighted by atomic mass is 16.5.